The molecule has 6 heteroatoms. The predicted octanol–water partition coefficient (Wildman–Crippen LogP) is 3.26. The summed E-state index contributed by atoms with van der Waals surface area (Å²) in [6, 6.07) is 7.81. The molecule has 1 N–H and O–H groups in total. The number of carbonyl (C=O) groups is 1. The number of nitrogens with one attached hydrogen (secondary N) is 1. The fourth-order valence-corrected chi connectivity index (χ4v) is 3.47. The van der Waals surface area contributed by atoms with Crippen LogP contribution in [-0.2, 0) is 11.3 Å². The summed E-state index contributed by atoms with van der Waals surface area (Å²) in [5, 5.41) is 12.6. The highest BCUT2D eigenvalue weighted by Gasteiger charge is 2.35. The van der Waals surface area contributed by atoms with Crippen LogP contribution in [0.15, 0.2) is 18.2 Å². The Balaban J connectivity index is 2.01. The van der Waals surface area contributed by atoms with Crippen molar-refractivity contribution in [2.75, 3.05) is 20.8 Å². The lowest BCUT2D eigenvalue weighted by Crippen LogP contribution is -2.54. The summed E-state index contributed by atoms with van der Waals surface area (Å²) in [6.07, 6.45) is 4.59. The highest BCUT2D eigenvalue weighted by atomic mass is 16.5. The lowest BCUT2D eigenvalue weighted by molar-refractivity contribution is -0.127. The molecule has 1 aliphatic rings. The average Bonchev–Trinajstić information content (AvgIpc) is 2.69. The van der Waals surface area contributed by atoms with Crippen molar-refractivity contribution in [3.8, 4) is 17.6 Å². The molecule has 1 fully saturated rings. The van der Waals surface area contributed by atoms with E-state index in [1.807, 2.05) is 44.0 Å². The van der Waals surface area contributed by atoms with Crippen LogP contribution >= 0.6 is 0 Å². The van der Waals surface area contributed by atoms with Gasteiger partial charge in [0, 0.05) is 6.54 Å². The van der Waals surface area contributed by atoms with Crippen molar-refractivity contribution in [3.05, 3.63) is 23.8 Å². The first-order valence-electron chi connectivity index (χ1n) is 9.68. The third-order valence-corrected chi connectivity index (χ3v) is 5.28. The van der Waals surface area contributed by atoms with Crippen molar-refractivity contribution in [2.45, 2.75) is 64.1 Å². The van der Waals surface area contributed by atoms with Gasteiger partial charge in [-0.05, 0) is 51.4 Å². The van der Waals surface area contributed by atoms with Gasteiger partial charge in [-0.25, -0.2) is 0 Å². The number of likely N-dealkylation sites (N-methyl/N-ethyl adjacent to an activating group) is 1. The number of hydrogen-bond donors (Lipinski definition) is 1. The van der Waals surface area contributed by atoms with Crippen LogP contribution in [0.3, 0.4) is 0 Å². The molecule has 0 bridgehead atoms. The molecule has 1 aromatic rings. The minimum atomic E-state index is -0.702. The van der Waals surface area contributed by atoms with Crippen LogP contribution < -0.4 is 14.8 Å². The third-order valence-electron chi connectivity index (χ3n) is 5.28. The van der Waals surface area contributed by atoms with Gasteiger partial charge in [0.1, 0.15) is 5.54 Å². The Bertz CT molecular complexity index is 678. The van der Waals surface area contributed by atoms with Crippen LogP contribution in [0.5, 0.6) is 11.5 Å². The van der Waals surface area contributed by atoms with E-state index in [9.17, 15) is 10.1 Å². The number of amides is 1. The highest BCUT2D eigenvalue weighted by molar-refractivity contribution is 5.82. The SMILES string of the molecule is CCOc1ccc(CN(C)C(C)C(=O)NC2(C#N)CCCCC2)cc1OC. The zero-order valence-electron chi connectivity index (χ0n) is 16.9. The van der Waals surface area contributed by atoms with E-state index in [0.717, 1.165) is 37.7 Å². The lowest BCUT2D eigenvalue weighted by atomic mass is 9.82. The van der Waals surface area contributed by atoms with Crippen LogP contribution in [0.25, 0.3) is 0 Å². The monoisotopic (exact) mass is 373 g/mol. The first-order valence-corrected chi connectivity index (χ1v) is 9.68. The Morgan fingerprint density at radius 3 is 2.63 bits per heavy atom. The zero-order chi connectivity index (χ0) is 19.9. The number of nitrogens with zero attached hydrogens (tertiary/aromatic N) is 2. The molecule has 2 rings (SSSR count). The molecule has 0 aliphatic heterocycles. The van der Waals surface area contributed by atoms with Gasteiger partial charge in [-0.15, -0.1) is 0 Å². The topological polar surface area (TPSA) is 74.6 Å². The Hall–Kier alpha value is -2.26. The van der Waals surface area contributed by atoms with E-state index in [1.165, 1.54) is 0 Å². The Labute approximate surface area is 162 Å². The summed E-state index contributed by atoms with van der Waals surface area (Å²) in [5.41, 5.74) is 0.331. The summed E-state index contributed by atoms with van der Waals surface area (Å²) in [4.78, 5) is 14.7. The molecule has 1 atom stereocenters. The van der Waals surface area contributed by atoms with E-state index in [2.05, 4.69) is 11.4 Å². The van der Waals surface area contributed by atoms with E-state index < -0.39 is 5.54 Å². The fraction of sp³-hybridized carbons (Fsp3) is 0.619. The number of ether oxygens (including phenoxy) is 2. The van der Waals surface area contributed by atoms with Crippen LogP contribution in [0.4, 0.5) is 0 Å². The quantitative estimate of drug-likeness (QED) is 0.757. The standard InChI is InChI=1S/C21H31N3O3/c1-5-27-18-10-9-17(13-19(18)26-4)14-24(3)16(2)20(25)23-21(15-22)11-7-6-8-12-21/h9-10,13,16H,5-8,11-12,14H2,1-4H3,(H,23,25). The molecule has 1 aliphatic carbocycles. The summed E-state index contributed by atoms with van der Waals surface area (Å²) in [7, 11) is 3.53. The van der Waals surface area contributed by atoms with Gasteiger partial charge >= 0.3 is 0 Å². The lowest BCUT2D eigenvalue weighted by Gasteiger charge is -2.34. The Morgan fingerprint density at radius 2 is 2.04 bits per heavy atom. The van der Waals surface area contributed by atoms with Crippen LogP contribution in [0.2, 0.25) is 0 Å². The average molecular weight is 373 g/mol. The van der Waals surface area contributed by atoms with Gasteiger partial charge in [0.05, 0.1) is 25.8 Å². The maximum absolute atomic E-state index is 12.7. The number of hydrogen-bond acceptors (Lipinski definition) is 5. The van der Waals surface area contributed by atoms with Gasteiger partial charge in [0.2, 0.25) is 5.91 Å². The van der Waals surface area contributed by atoms with Crippen LogP contribution in [0.1, 0.15) is 51.5 Å². The predicted molar refractivity (Wildman–Crippen MR) is 105 cm³/mol. The second-order valence-electron chi connectivity index (χ2n) is 7.25. The van der Waals surface area contributed by atoms with Crippen molar-refractivity contribution < 1.29 is 14.3 Å². The maximum Gasteiger partial charge on any atom is 0.238 e. The van der Waals surface area contributed by atoms with E-state index in [-0.39, 0.29) is 11.9 Å². The summed E-state index contributed by atoms with van der Waals surface area (Å²) < 4.78 is 10.9. The van der Waals surface area contributed by atoms with E-state index in [4.69, 9.17) is 9.47 Å². The van der Waals surface area contributed by atoms with Crippen molar-refractivity contribution >= 4 is 5.91 Å². The first-order chi connectivity index (χ1) is 12.9. The minimum Gasteiger partial charge on any atom is -0.493 e. The minimum absolute atomic E-state index is 0.0983. The fourth-order valence-electron chi connectivity index (χ4n) is 3.47. The van der Waals surface area contributed by atoms with Gasteiger partial charge < -0.3 is 14.8 Å². The number of benzene rings is 1. The smallest absolute Gasteiger partial charge is 0.238 e. The van der Waals surface area contributed by atoms with Crippen molar-refractivity contribution in [1.82, 2.24) is 10.2 Å². The third kappa shape index (κ3) is 5.36. The second-order valence-corrected chi connectivity index (χ2v) is 7.25. The second kappa shape index (κ2) is 9.61. The molecule has 0 aromatic heterocycles. The van der Waals surface area contributed by atoms with Crippen molar-refractivity contribution in [3.63, 3.8) is 0 Å². The van der Waals surface area contributed by atoms with E-state index >= 15 is 0 Å². The van der Waals surface area contributed by atoms with Gasteiger partial charge in [-0.1, -0.05) is 25.3 Å². The maximum atomic E-state index is 12.7. The molecule has 1 unspecified atom stereocenters. The van der Waals surface area contributed by atoms with Gasteiger partial charge in [0.15, 0.2) is 11.5 Å². The molecule has 1 aromatic carbocycles. The van der Waals surface area contributed by atoms with Crippen molar-refractivity contribution in [1.29, 1.82) is 5.26 Å². The largest absolute Gasteiger partial charge is 0.493 e. The van der Waals surface area contributed by atoms with Crippen LogP contribution in [-0.4, -0.2) is 43.2 Å². The molecule has 0 radical (unpaired) electrons. The van der Waals surface area contributed by atoms with E-state index in [0.29, 0.717) is 24.7 Å². The molecular formula is C21H31N3O3. The molecule has 1 amide bonds. The molecule has 0 saturated heterocycles. The number of rotatable bonds is 8. The first kappa shape index (κ1) is 21.0. The normalized spacial score (nSPS) is 17.0. The number of methoxy groups -OCH3 is 1. The summed E-state index contributed by atoms with van der Waals surface area (Å²) >= 11 is 0. The summed E-state index contributed by atoms with van der Waals surface area (Å²) in [6.45, 7) is 4.97. The molecule has 0 spiro atoms. The molecule has 6 nitrogen and oxygen atoms in total. The van der Waals surface area contributed by atoms with E-state index in [1.54, 1.807) is 7.11 Å². The number of nitriles is 1. The Morgan fingerprint density at radius 1 is 1.33 bits per heavy atom. The molecule has 148 valence electrons. The molecule has 0 heterocycles. The molecule has 27 heavy (non-hydrogen) atoms. The van der Waals surface area contributed by atoms with Crippen molar-refractivity contribution in [2.24, 2.45) is 0 Å². The van der Waals surface area contributed by atoms with Gasteiger partial charge in [-0.2, -0.15) is 5.26 Å². The Kier molecular flexibility index (Phi) is 7.49. The zero-order valence-corrected chi connectivity index (χ0v) is 16.9. The van der Waals surface area contributed by atoms with Gasteiger partial charge in [-0.3, -0.25) is 9.69 Å². The number of carbonyl (C=O) groups excluding carboxylic acids is 1. The van der Waals surface area contributed by atoms with Gasteiger partial charge in [0.25, 0.3) is 0 Å². The summed E-state index contributed by atoms with van der Waals surface area (Å²) in [5.74, 6) is 1.30. The van der Waals surface area contributed by atoms with Crippen LogP contribution in [0, 0.1) is 11.3 Å². The molecule has 1 saturated carbocycles. The highest BCUT2D eigenvalue weighted by Crippen LogP contribution is 2.29. The molecular weight excluding hydrogens is 342 g/mol.